The number of aromatic nitrogens is 3. The van der Waals surface area contributed by atoms with Gasteiger partial charge in [-0.25, -0.2) is 4.79 Å². The van der Waals surface area contributed by atoms with Crippen molar-refractivity contribution in [2.75, 3.05) is 32.8 Å². The van der Waals surface area contributed by atoms with Gasteiger partial charge in [0.25, 0.3) is 0 Å². The van der Waals surface area contributed by atoms with Crippen LogP contribution in [0.4, 0.5) is 4.79 Å². The lowest BCUT2D eigenvalue weighted by molar-refractivity contribution is 0.0715. The molecule has 0 saturated carbocycles. The molecule has 0 radical (unpaired) electrons. The van der Waals surface area contributed by atoms with Crippen molar-refractivity contribution in [2.24, 2.45) is 0 Å². The largest absolute Gasteiger partial charge is 0.492 e. The maximum atomic E-state index is 12.2. The number of thiazole rings is 1. The Labute approximate surface area is 209 Å². The SMILES string of the molecule is CCOC(=O)N1CCN([C@H](c2ccc(Cl)cc2Cl)c2sc3nc(-c4ccco4)nn3c2O)CC1. The average Bonchev–Trinajstić information content (AvgIpc) is 3.55. The van der Waals surface area contributed by atoms with Crippen LogP contribution in [0.3, 0.4) is 0 Å². The predicted molar refractivity (Wildman–Crippen MR) is 129 cm³/mol. The third kappa shape index (κ3) is 4.22. The molecule has 1 aromatic carbocycles. The first-order valence-electron chi connectivity index (χ1n) is 10.7. The van der Waals surface area contributed by atoms with Crippen LogP contribution in [-0.2, 0) is 4.74 Å². The topological polar surface area (TPSA) is 96.3 Å². The Morgan fingerprint density at radius 2 is 2.06 bits per heavy atom. The molecule has 0 aliphatic carbocycles. The quantitative estimate of drug-likeness (QED) is 0.397. The van der Waals surface area contributed by atoms with Gasteiger partial charge in [-0.3, -0.25) is 4.90 Å². The molecule has 0 bridgehead atoms. The molecule has 0 spiro atoms. The normalized spacial score (nSPS) is 15.7. The molecule has 9 nitrogen and oxygen atoms in total. The molecule has 12 heteroatoms. The molecule has 5 rings (SSSR count). The van der Waals surface area contributed by atoms with Gasteiger partial charge in [0.15, 0.2) is 5.76 Å². The Morgan fingerprint density at radius 3 is 2.71 bits per heavy atom. The third-order valence-corrected chi connectivity index (χ3v) is 7.29. The Balaban J connectivity index is 1.51. The van der Waals surface area contributed by atoms with Gasteiger partial charge < -0.3 is 19.2 Å². The zero-order chi connectivity index (χ0) is 23.8. The van der Waals surface area contributed by atoms with Crippen molar-refractivity contribution in [3.05, 3.63) is 57.1 Å². The Morgan fingerprint density at radius 1 is 1.26 bits per heavy atom. The highest BCUT2D eigenvalue weighted by Crippen LogP contribution is 2.43. The second-order valence-electron chi connectivity index (χ2n) is 7.69. The summed E-state index contributed by atoms with van der Waals surface area (Å²) in [5.74, 6) is 0.889. The molecule has 4 heterocycles. The van der Waals surface area contributed by atoms with E-state index in [-0.39, 0.29) is 18.0 Å². The van der Waals surface area contributed by atoms with Crippen LogP contribution in [0.2, 0.25) is 10.0 Å². The van der Waals surface area contributed by atoms with E-state index in [1.54, 1.807) is 42.4 Å². The number of benzene rings is 1. The van der Waals surface area contributed by atoms with E-state index >= 15 is 0 Å². The summed E-state index contributed by atoms with van der Waals surface area (Å²) in [6.45, 7) is 4.22. The number of piperazine rings is 1. The number of hydrogen-bond donors (Lipinski definition) is 1. The Hall–Kier alpha value is -2.79. The first-order chi connectivity index (χ1) is 16.5. The van der Waals surface area contributed by atoms with Crippen molar-refractivity contribution in [1.29, 1.82) is 0 Å². The summed E-state index contributed by atoms with van der Waals surface area (Å²) in [6.07, 6.45) is 1.22. The number of halogens is 2. The van der Waals surface area contributed by atoms with Gasteiger partial charge in [-0.15, -0.1) is 5.10 Å². The van der Waals surface area contributed by atoms with Crippen LogP contribution >= 0.6 is 34.5 Å². The second-order valence-corrected chi connectivity index (χ2v) is 9.54. The molecule has 1 aliphatic rings. The van der Waals surface area contributed by atoms with Crippen molar-refractivity contribution in [3.63, 3.8) is 0 Å². The summed E-state index contributed by atoms with van der Waals surface area (Å²) >= 11 is 14.1. The standard InChI is InChI=1S/C22H21Cl2N5O4S/c1-2-32-22(31)28-9-7-27(8-10-28)17(14-6-5-13(23)12-15(14)24)18-20(30)29-21(34-18)25-19(26-29)16-4-3-11-33-16/h3-6,11-12,17,30H,2,7-10H2,1H3/t17-/m1/s1. The molecule has 1 aliphatic heterocycles. The van der Waals surface area contributed by atoms with Crippen LogP contribution in [0.5, 0.6) is 5.88 Å². The van der Waals surface area contributed by atoms with E-state index in [0.717, 1.165) is 5.56 Å². The molecule has 3 aromatic heterocycles. The zero-order valence-electron chi connectivity index (χ0n) is 18.1. The van der Waals surface area contributed by atoms with Gasteiger partial charge in [0.1, 0.15) is 0 Å². The monoisotopic (exact) mass is 521 g/mol. The van der Waals surface area contributed by atoms with Crippen molar-refractivity contribution in [3.8, 4) is 17.5 Å². The number of nitrogens with zero attached hydrogens (tertiary/aromatic N) is 5. The fourth-order valence-corrected chi connectivity index (χ4v) is 5.66. The van der Waals surface area contributed by atoms with Crippen molar-refractivity contribution < 1.29 is 19.1 Å². The van der Waals surface area contributed by atoms with E-state index < -0.39 is 0 Å². The molecular weight excluding hydrogens is 501 g/mol. The molecule has 1 saturated heterocycles. The van der Waals surface area contributed by atoms with E-state index in [0.29, 0.717) is 64.3 Å². The number of fused-ring (bicyclic) bond motifs is 1. The lowest BCUT2D eigenvalue weighted by Gasteiger charge is -2.38. The number of amides is 1. The minimum absolute atomic E-state index is 0.0193. The van der Waals surface area contributed by atoms with Crippen LogP contribution < -0.4 is 0 Å². The maximum Gasteiger partial charge on any atom is 0.409 e. The highest BCUT2D eigenvalue weighted by atomic mass is 35.5. The summed E-state index contributed by atoms with van der Waals surface area (Å²) in [6, 6.07) is 8.45. The van der Waals surface area contributed by atoms with Gasteiger partial charge in [-0.2, -0.15) is 9.50 Å². The van der Waals surface area contributed by atoms with E-state index in [1.165, 1.54) is 15.9 Å². The molecule has 4 aromatic rings. The Bertz CT molecular complexity index is 1310. The van der Waals surface area contributed by atoms with Gasteiger partial charge in [-0.05, 0) is 36.8 Å². The van der Waals surface area contributed by atoms with E-state index in [4.69, 9.17) is 32.4 Å². The number of carbonyl (C=O) groups excluding carboxylic acids is 1. The molecule has 1 atom stereocenters. The van der Waals surface area contributed by atoms with E-state index in [9.17, 15) is 9.90 Å². The summed E-state index contributed by atoms with van der Waals surface area (Å²) in [7, 11) is 0. The third-order valence-electron chi connectivity index (χ3n) is 5.65. The Kier molecular flexibility index (Phi) is 6.39. The summed E-state index contributed by atoms with van der Waals surface area (Å²) in [5, 5.41) is 16.6. The van der Waals surface area contributed by atoms with Crippen LogP contribution in [-0.4, -0.2) is 68.4 Å². The van der Waals surface area contributed by atoms with Crippen LogP contribution in [0.15, 0.2) is 41.0 Å². The zero-order valence-corrected chi connectivity index (χ0v) is 20.5. The van der Waals surface area contributed by atoms with Crippen LogP contribution in [0.25, 0.3) is 16.5 Å². The molecule has 1 fully saturated rings. The second kappa shape index (κ2) is 9.46. The smallest absolute Gasteiger partial charge is 0.409 e. The van der Waals surface area contributed by atoms with Crippen LogP contribution in [0.1, 0.15) is 23.4 Å². The summed E-state index contributed by atoms with van der Waals surface area (Å²) in [5.41, 5.74) is 0.793. The van der Waals surface area contributed by atoms with Crippen molar-refractivity contribution >= 4 is 45.6 Å². The fraction of sp³-hybridized carbons (Fsp3) is 0.318. The molecule has 1 amide bonds. The number of furan rings is 1. The van der Waals surface area contributed by atoms with Crippen LogP contribution in [0, 0.1) is 0 Å². The van der Waals surface area contributed by atoms with E-state index in [2.05, 4.69) is 15.0 Å². The maximum absolute atomic E-state index is 12.2. The first-order valence-corrected chi connectivity index (χ1v) is 12.3. The molecule has 0 unspecified atom stereocenters. The van der Waals surface area contributed by atoms with Gasteiger partial charge in [-0.1, -0.05) is 40.6 Å². The highest BCUT2D eigenvalue weighted by Gasteiger charge is 2.34. The first kappa shape index (κ1) is 23.0. The minimum atomic E-state index is -0.380. The van der Waals surface area contributed by atoms with Gasteiger partial charge >= 0.3 is 6.09 Å². The molecular formula is C22H21Cl2N5O4S. The summed E-state index contributed by atoms with van der Waals surface area (Å²) < 4.78 is 11.9. The van der Waals surface area contributed by atoms with Gasteiger partial charge in [0.2, 0.25) is 16.7 Å². The summed E-state index contributed by atoms with van der Waals surface area (Å²) in [4.78, 5) is 21.7. The number of hydrogen-bond acceptors (Lipinski definition) is 8. The average molecular weight is 522 g/mol. The number of carbonyl (C=O) groups is 1. The number of ether oxygens (including phenoxy) is 1. The van der Waals surface area contributed by atoms with Gasteiger partial charge in [0, 0.05) is 36.2 Å². The number of aromatic hydroxyl groups is 1. The van der Waals surface area contributed by atoms with Crippen molar-refractivity contribution in [2.45, 2.75) is 13.0 Å². The highest BCUT2D eigenvalue weighted by molar-refractivity contribution is 7.17. The molecule has 34 heavy (non-hydrogen) atoms. The molecule has 178 valence electrons. The minimum Gasteiger partial charge on any atom is -0.492 e. The predicted octanol–water partition coefficient (Wildman–Crippen LogP) is 4.93. The number of rotatable bonds is 5. The fourth-order valence-electron chi connectivity index (χ4n) is 4.04. The van der Waals surface area contributed by atoms with Gasteiger partial charge in [0.05, 0.1) is 23.8 Å². The molecule has 1 N–H and O–H groups in total. The lowest BCUT2D eigenvalue weighted by Crippen LogP contribution is -2.50. The van der Waals surface area contributed by atoms with E-state index in [1.807, 2.05) is 6.07 Å². The van der Waals surface area contributed by atoms with Crippen molar-refractivity contribution in [1.82, 2.24) is 24.4 Å². The lowest BCUT2D eigenvalue weighted by atomic mass is 10.0.